The molecular formula is C23H29FN4O3. The van der Waals surface area contributed by atoms with Crippen LogP contribution in [0.2, 0.25) is 0 Å². The van der Waals surface area contributed by atoms with Crippen LogP contribution in [0.1, 0.15) is 31.1 Å². The monoisotopic (exact) mass is 428 g/mol. The zero-order valence-corrected chi connectivity index (χ0v) is 18.3. The van der Waals surface area contributed by atoms with E-state index in [0.717, 1.165) is 17.1 Å². The van der Waals surface area contributed by atoms with Crippen LogP contribution in [0.4, 0.5) is 10.1 Å². The molecule has 2 aromatic carbocycles. The van der Waals surface area contributed by atoms with E-state index in [0.29, 0.717) is 31.1 Å². The minimum atomic E-state index is -0.264. The predicted molar refractivity (Wildman–Crippen MR) is 119 cm³/mol. The molecule has 0 aromatic heterocycles. The number of anilines is 1. The van der Waals surface area contributed by atoms with E-state index >= 15 is 0 Å². The number of aliphatic imine (C=N–C) groups is 1. The molecule has 1 amide bonds. The summed E-state index contributed by atoms with van der Waals surface area (Å²) in [6.07, 6.45) is -0.176. The number of ether oxygens (including phenoxy) is 2. The van der Waals surface area contributed by atoms with Crippen molar-refractivity contribution in [2.24, 2.45) is 4.99 Å². The Morgan fingerprint density at radius 1 is 1.26 bits per heavy atom. The summed E-state index contributed by atoms with van der Waals surface area (Å²) < 4.78 is 24.7. The van der Waals surface area contributed by atoms with Crippen molar-refractivity contribution >= 4 is 17.6 Å². The number of morpholine rings is 1. The molecule has 2 atom stereocenters. The Labute approximate surface area is 182 Å². The first-order valence-electron chi connectivity index (χ1n) is 10.2. The molecule has 8 heteroatoms. The first kappa shape index (κ1) is 22.6. The summed E-state index contributed by atoms with van der Waals surface area (Å²) in [7, 11) is 3.31. The number of carbonyl (C=O) groups excluding carboxylic acids is 1. The lowest BCUT2D eigenvalue weighted by atomic mass is 10.1. The molecule has 3 rings (SSSR count). The van der Waals surface area contributed by atoms with E-state index in [4.69, 9.17) is 9.47 Å². The van der Waals surface area contributed by atoms with Gasteiger partial charge >= 0.3 is 0 Å². The number of rotatable bonds is 5. The Bertz CT molecular complexity index is 933. The lowest BCUT2D eigenvalue weighted by Crippen LogP contribution is -2.50. The molecule has 0 spiro atoms. The van der Waals surface area contributed by atoms with Crippen LogP contribution >= 0.6 is 0 Å². The molecule has 7 nitrogen and oxygen atoms in total. The van der Waals surface area contributed by atoms with Crippen LogP contribution in [0.3, 0.4) is 0 Å². The average Bonchev–Trinajstić information content (AvgIpc) is 2.74. The molecule has 2 N–H and O–H groups in total. The number of carbonyl (C=O) groups is 1. The molecule has 2 unspecified atom stereocenters. The molecule has 0 radical (unpaired) electrons. The maximum absolute atomic E-state index is 13.3. The normalized spacial score (nSPS) is 19.1. The van der Waals surface area contributed by atoms with Gasteiger partial charge in [0.05, 0.1) is 25.4 Å². The van der Waals surface area contributed by atoms with Crippen LogP contribution in [-0.2, 0) is 16.1 Å². The molecule has 1 aliphatic heterocycles. The van der Waals surface area contributed by atoms with Gasteiger partial charge in [0.15, 0.2) is 5.96 Å². The van der Waals surface area contributed by atoms with Crippen LogP contribution in [0, 0.1) is 5.82 Å². The summed E-state index contributed by atoms with van der Waals surface area (Å²) in [5, 5.41) is 6.17. The molecule has 1 saturated heterocycles. The highest BCUT2D eigenvalue weighted by atomic mass is 19.1. The zero-order valence-electron chi connectivity index (χ0n) is 18.3. The number of nitrogens with zero attached hydrogens (tertiary/aromatic N) is 2. The summed E-state index contributed by atoms with van der Waals surface area (Å²) in [5.41, 5.74) is 2.53. The van der Waals surface area contributed by atoms with Crippen molar-refractivity contribution in [3.05, 3.63) is 59.4 Å². The Kier molecular flexibility index (Phi) is 7.46. The fraction of sp³-hybridized carbons (Fsp3) is 0.391. The van der Waals surface area contributed by atoms with Gasteiger partial charge in [0.25, 0.3) is 0 Å². The standard InChI is InChI=1S/C23H29FN4O3/c1-15-13-28(14-22(31-15)18-6-8-19(24)9-7-18)23(25-3)26-12-17-5-10-21(30-4)20(11-17)27-16(2)29/h5-11,15,22H,12-14H2,1-4H3,(H,25,26)(H,27,29). The lowest BCUT2D eigenvalue weighted by molar-refractivity contribution is -0.114. The largest absolute Gasteiger partial charge is 0.495 e. The van der Waals surface area contributed by atoms with Gasteiger partial charge in [-0.15, -0.1) is 0 Å². The van der Waals surface area contributed by atoms with Crippen molar-refractivity contribution in [3.8, 4) is 5.75 Å². The summed E-state index contributed by atoms with van der Waals surface area (Å²) in [4.78, 5) is 18.0. The SMILES string of the molecule is CN=C(NCc1ccc(OC)c(NC(C)=O)c1)N1CC(C)OC(c2ccc(F)cc2)C1. The van der Waals surface area contributed by atoms with Gasteiger partial charge in [-0.2, -0.15) is 0 Å². The van der Waals surface area contributed by atoms with E-state index in [9.17, 15) is 9.18 Å². The van der Waals surface area contributed by atoms with Crippen molar-refractivity contribution < 1.29 is 18.7 Å². The van der Waals surface area contributed by atoms with E-state index in [2.05, 4.69) is 20.5 Å². The maximum Gasteiger partial charge on any atom is 0.221 e. The second-order valence-corrected chi connectivity index (χ2v) is 7.51. The summed E-state index contributed by atoms with van der Waals surface area (Å²) in [6.45, 7) is 5.30. The second-order valence-electron chi connectivity index (χ2n) is 7.51. The van der Waals surface area contributed by atoms with Crippen LogP contribution in [-0.4, -0.2) is 50.1 Å². The van der Waals surface area contributed by atoms with Gasteiger partial charge in [-0.25, -0.2) is 4.39 Å². The highest BCUT2D eigenvalue weighted by molar-refractivity contribution is 5.90. The summed E-state index contributed by atoms with van der Waals surface area (Å²) in [6, 6.07) is 12.1. The molecule has 0 saturated carbocycles. The van der Waals surface area contributed by atoms with Gasteiger partial charge in [-0.05, 0) is 42.3 Å². The minimum absolute atomic E-state index is 0.00490. The predicted octanol–water partition coefficient (Wildman–Crippen LogP) is 3.33. The van der Waals surface area contributed by atoms with Crippen LogP contribution in [0.5, 0.6) is 5.75 Å². The quantitative estimate of drug-likeness (QED) is 0.565. The number of hydrogen-bond donors (Lipinski definition) is 2. The number of guanidine groups is 1. The van der Waals surface area contributed by atoms with Gasteiger partial charge in [-0.3, -0.25) is 9.79 Å². The Morgan fingerprint density at radius 3 is 2.65 bits per heavy atom. The van der Waals surface area contributed by atoms with Crippen molar-refractivity contribution in [2.45, 2.75) is 32.6 Å². The van der Waals surface area contributed by atoms with Crippen molar-refractivity contribution in [1.29, 1.82) is 0 Å². The van der Waals surface area contributed by atoms with E-state index in [-0.39, 0.29) is 23.9 Å². The average molecular weight is 429 g/mol. The van der Waals surface area contributed by atoms with Crippen LogP contribution in [0.15, 0.2) is 47.5 Å². The van der Waals surface area contributed by atoms with E-state index in [1.807, 2.05) is 25.1 Å². The van der Waals surface area contributed by atoms with Crippen molar-refractivity contribution in [1.82, 2.24) is 10.2 Å². The van der Waals surface area contributed by atoms with E-state index < -0.39 is 0 Å². The van der Waals surface area contributed by atoms with E-state index in [1.165, 1.54) is 19.1 Å². The van der Waals surface area contributed by atoms with Crippen LogP contribution < -0.4 is 15.4 Å². The maximum atomic E-state index is 13.3. The zero-order chi connectivity index (χ0) is 22.4. The molecule has 1 fully saturated rings. The smallest absolute Gasteiger partial charge is 0.221 e. The molecule has 166 valence electrons. The molecule has 1 heterocycles. The van der Waals surface area contributed by atoms with Gasteiger partial charge in [0.1, 0.15) is 17.7 Å². The summed E-state index contributed by atoms with van der Waals surface area (Å²) in [5.74, 6) is 0.931. The first-order chi connectivity index (χ1) is 14.9. The third-order valence-corrected chi connectivity index (χ3v) is 5.04. The number of hydrogen-bond acceptors (Lipinski definition) is 4. The van der Waals surface area contributed by atoms with Crippen LogP contribution in [0.25, 0.3) is 0 Å². The van der Waals surface area contributed by atoms with E-state index in [1.54, 1.807) is 26.3 Å². The van der Waals surface area contributed by atoms with Gasteiger partial charge in [0, 0.05) is 27.1 Å². The molecule has 2 aromatic rings. The molecule has 0 bridgehead atoms. The Balaban J connectivity index is 1.69. The molecule has 0 aliphatic carbocycles. The third kappa shape index (κ3) is 5.95. The minimum Gasteiger partial charge on any atom is -0.495 e. The highest BCUT2D eigenvalue weighted by Crippen LogP contribution is 2.27. The Hall–Kier alpha value is -3.13. The summed E-state index contributed by atoms with van der Waals surface area (Å²) >= 11 is 0. The highest BCUT2D eigenvalue weighted by Gasteiger charge is 2.28. The number of nitrogens with one attached hydrogen (secondary N) is 2. The first-order valence-corrected chi connectivity index (χ1v) is 10.2. The Morgan fingerprint density at radius 2 is 2.00 bits per heavy atom. The van der Waals surface area contributed by atoms with Gasteiger partial charge in [-0.1, -0.05) is 18.2 Å². The molecule has 31 heavy (non-hydrogen) atoms. The van der Waals surface area contributed by atoms with Gasteiger partial charge in [0.2, 0.25) is 5.91 Å². The fourth-order valence-corrected chi connectivity index (χ4v) is 3.65. The number of halogens is 1. The lowest BCUT2D eigenvalue weighted by Gasteiger charge is -2.38. The van der Waals surface area contributed by atoms with Gasteiger partial charge < -0.3 is 25.0 Å². The number of amides is 1. The van der Waals surface area contributed by atoms with Crippen molar-refractivity contribution in [3.63, 3.8) is 0 Å². The third-order valence-electron chi connectivity index (χ3n) is 5.04. The topological polar surface area (TPSA) is 75.2 Å². The number of benzene rings is 2. The number of methoxy groups -OCH3 is 1. The molecule has 1 aliphatic rings. The molecular weight excluding hydrogens is 399 g/mol. The van der Waals surface area contributed by atoms with Crippen molar-refractivity contribution in [2.75, 3.05) is 32.6 Å². The fourth-order valence-electron chi connectivity index (χ4n) is 3.65. The second kappa shape index (κ2) is 10.3.